The van der Waals surface area contributed by atoms with E-state index in [4.69, 9.17) is 4.74 Å². The van der Waals surface area contributed by atoms with E-state index in [1.54, 1.807) is 0 Å². The summed E-state index contributed by atoms with van der Waals surface area (Å²) in [5.74, 6) is -1.48. The molecule has 178 valence electrons. The SMILES string of the molecule is COC(=O)c1ccc(CN(Cc2cc(F)cc(F)c2)C2CCCCC2)cc1-c1ccccc1C. The second-order valence-electron chi connectivity index (χ2n) is 9.16. The smallest absolute Gasteiger partial charge is 0.338 e. The molecule has 3 aromatic carbocycles. The number of halogens is 2. The zero-order chi connectivity index (χ0) is 24.1. The summed E-state index contributed by atoms with van der Waals surface area (Å²) in [6.07, 6.45) is 5.69. The lowest BCUT2D eigenvalue weighted by Gasteiger charge is -2.34. The molecule has 0 radical (unpaired) electrons. The summed E-state index contributed by atoms with van der Waals surface area (Å²) >= 11 is 0. The third kappa shape index (κ3) is 5.71. The molecule has 34 heavy (non-hydrogen) atoms. The van der Waals surface area contributed by atoms with Crippen LogP contribution in [0.5, 0.6) is 0 Å². The third-order valence-electron chi connectivity index (χ3n) is 6.71. The van der Waals surface area contributed by atoms with E-state index in [0.29, 0.717) is 30.3 Å². The van der Waals surface area contributed by atoms with Crippen LogP contribution in [-0.4, -0.2) is 24.0 Å². The van der Waals surface area contributed by atoms with Crippen molar-refractivity contribution < 1.29 is 18.3 Å². The van der Waals surface area contributed by atoms with Crippen LogP contribution in [0.4, 0.5) is 8.78 Å². The second-order valence-corrected chi connectivity index (χ2v) is 9.16. The molecule has 0 aliphatic heterocycles. The molecule has 0 spiro atoms. The number of esters is 1. The molecule has 0 aromatic heterocycles. The van der Waals surface area contributed by atoms with E-state index >= 15 is 0 Å². The van der Waals surface area contributed by atoms with Gasteiger partial charge in [0.05, 0.1) is 12.7 Å². The molecule has 3 aromatic rings. The van der Waals surface area contributed by atoms with Crippen molar-refractivity contribution in [2.75, 3.05) is 7.11 Å². The fourth-order valence-corrected chi connectivity index (χ4v) is 5.01. The minimum Gasteiger partial charge on any atom is -0.465 e. The van der Waals surface area contributed by atoms with E-state index in [1.807, 2.05) is 43.3 Å². The van der Waals surface area contributed by atoms with Gasteiger partial charge in [-0.2, -0.15) is 0 Å². The Labute approximate surface area is 200 Å². The van der Waals surface area contributed by atoms with Crippen molar-refractivity contribution in [3.8, 4) is 11.1 Å². The number of nitrogens with zero attached hydrogens (tertiary/aromatic N) is 1. The normalized spacial score (nSPS) is 14.4. The van der Waals surface area contributed by atoms with Gasteiger partial charge in [0.15, 0.2) is 0 Å². The van der Waals surface area contributed by atoms with Crippen LogP contribution in [0.3, 0.4) is 0 Å². The van der Waals surface area contributed by atoms with E-state index in [2.05, 4.69) is 11.0 Å². The first-order chi connectivity index (χ1) is 16.4. The van der Waals surface area contributed by atoms with Gasteiger partial charge in [-0.15, -0.1) is 0 Å². The average molecular weight is 464 g/mol. The van der Waals surface area contributed by atoms with E-state index in [1.165, 1.54) is 25.7 Å². The van der Waals surface area contributed by atoms with Crippen LogP contribution < -0.4 is 0 Å². The summed E-state index contributed by atoms with van der Waals surface area (Å²) in [5.41, 5.74) is 5.10. The van der Waals surface area contributed by atoms with Gasteiger partial charge in [0, 0.05) is 25.2 Å². The van der Waals surface area contributed by atoms with Crippen LogP contribution in [0.1, 0.15) is 59.2 Å². The molecule has 1 saturated carbocycles. The summed E-state index contributed by atoms with van der Waals surface area (Å²) in [7, 11) is 1.39. The van der Waals surface area contributed by atoms with Crippen molar-refractivity contribution in [1.29, 1.82) is 0 Å². The van der Waals surface area contributed by atoms with Gasteiger partial charge in [0.1, 0.15) is 11.6 Å². The van der Waals surface area contributed by atoms with E-state index < -0.39 is 11.6 Å². The summed E-state index contributed by atoms with van der Waals surface area (Å²) in [6.45, 7) is 3.12. The van der Waals surface area contributed by atoms with Gasteiger partial charge >= 0.3 is 5.97 Å². The standard InChI is InChI=1S/C29H31F2NO2/c1-20-8-6-7-11-26(20)28-16-21(12-13-27(28)29(33)34-2)18-32(25-9-4-3-5-10-25)19-22-14-23(30)17-24(31)15-22/h6-8,11-17,25H,3-5,9-10,18-19H2,1-2H3. The summed E-state index contributed by atoms with van der Waals surface area (Å²) in [4.78, 5) is 14.8. The highest BCUT2D eigenvalue weighted by atomic mass is 19.1. The molecule has 5 heteroatoms. The Morgan fingerprint density at radius 3 is 2.24 bits per heavy atom. The van der Waals surface area contributed by atoms with Crippen LogP contribution in [0.2, 0.25) is 0 Å². The molecule has 4 rings (SSSR count). The van der Waals surface area contributed by atoms with Gasteiger partial charge in [-0.1, -0.05) is 49.6 Å². The highest BCUT2D eigenvalue weighted by Crippen LogP contribution is 2.31. The molecule has 0 unspecified atom stereocenters. The Morgan fingerprint density at radius 2 is 1.56 bits per heavy atom. The number of benzene rings is 3. The number of rotatable bonds is 7. The predicted octanol–water partition coefficient (Wildman–Crippen LogP) is 7.06. The van der Waals surface area contributed by atoms with Gasteiger partial charge in [-0.3, -0.25) is 4.90 Å². The summed E-state index contributed by atoms with van der Waals surface area (Å²) in [5, 5.41) is 0. The van der Waals surface area contributed by atoms with Gasteiger partial charge in [-0.05, 0) is 71.8 Å². The lowest BCUT2D eigenvalue weighted by atomic mass is 9.92. The van der Waals surface area contributed by atoms with Gasteiger partial charge in [0.2, 0.25) is 0 Å². The molecule has 0 amide bonds. The zero-order valence-corrected chi connectivity index (χ0v) is 19.8. The van der Waals surface area contributed by atoms with Crippen molar-refractivity contribution >= 4 is 5.97 Å². The molecule has 0 bridgehead atoms. The number of carbonyl (C=O) groups excluding carboxylic acids is 1. The first-order valence-electron chi connectivity index (χ1n) is 11.9. The number of methoxy groups -OCH3 is 1. The maximum Gasteiger partial charge on any atom is 0.338 e. The van der Waals surface area contributed by atoms with E-state index in [9.17, 15) is 13.6 Å². The van der Waals surface area contributed by atoms with Crippen molar-refractivity contribution in [2.24, 2.45) is 0 Å². The first-order valence-corrected chi connectivity index (χ1v) is 11.9. The Balaban J connectivity index is 1.69. The van der Waals surface area contributed by atoms with Crippen molar-refractivity contribution in [3.05, 3.63) is 94.6 Å². The van der Waals surface area contributed by atoms with Crippen molar-refractivity contribution in [3.63, 3.8) is 0 Å². The fraction of sp³-hybridized carbons (Fsp3) is 0.345. The number of ether oxygens (including phenoxy) is 1. The Morgan fingerprint density at radius 1 is 0.882 bits per heavy atom. The van der Waals surface area contributed by atoms with Crippen molar-refractivity contribution in [1.82, 2.24) is 4.90 Å². The van der Waals surface area contributed by atoms with Crippen LogP contribution in [-0.2, 0) is 17.8 Å². The van der Waals surface area contributed by atoms with Crippen LogP contribution >= 0.6 is 0 Å². The quantitative estimate of drug-likeness (QED) is 0.351. The zero-order valence-electron chi connectivity index (χ0n) is 19.8. The molecular weight excluding hydrogens is 432 g/mol. The molecule has 1 aliphatic rings. The Kier molecular flexibility index (Phi) is 7.73. The highest BCUT2D eigenvalue weighted by molar-refractivity contribution is 5.97. The fourth-order valence-electron chi connectivity index (χ4n) is 5.01. The molecule has 3 nitrogen and oxygen atoms in total. The highest BCUT2D eigenvalue weighted by Gasteiger charge is 2.23. The first kappa shape index (κ1) is 24.1. The Bertz CT molecular complexity index is 1130. The lowest BCUT2D eigenvalue weighted by molar-refractivity contribution is 0.0601. The molecular formula is C29H31F2NO2. The van der Waals surface area contributed by atoms with Gasteiger partial charge in [0.25, 0.3) is 0 Å². The van der Waals surface area contributed by atoms with E-state index in [0.717, 1.165) is 54.0 Å². The topological polar surface area (TPSA) is 29.5 Å². The summed E-state index contributed by atoms with van der Waals surface area (Å²) < 4.78 is 32.8. The molecule has 0 saturated heterocycles. The lowest BCUT2D eigenvalue weighted by Crippen LogP contribution is -2.36. The molecule has 1 fully saturated rings. The van der Waals surface area contributed by atoms with Gasteiger partial charge < -0.3 is 4.74 Å². The third-order valence-corrected chi connectivity index (χ3v) is 6.71. The van der Waals surface area contributed by atoms with E-state index in [-0.39, 0.29) is 5.97 Å². The predicted molar refractivity (Wildman–Crippen MR) is 130 cm³/mol. The van der Waals surface area contributed by atoms with Crippen LogP contribution in [0.25, 0.3) is 11.1 Å². The molecule has 0 atom stereocenters. The molecule has 1 aliphatic carbocycles. The Hall–Kier alpha value is -3.05. The maximum atomic E-state index is 13.9. The molecule has 0 N–H and O–H groups in total. The number of hydrogen-bond donors (Lipinski definition) is 0. The summed E-state index contributed by atoms with van der Waals surface area (Å²) in [6, 6.07) is 17.9. The monoisotopic (exact) mass is 463 g/mol. The van der Waals surface area contributed by atoms with Crippen LogP contribution in [0.15, 0.2) is 60.7 Å². The average Bonchev–Trinajstić information content (AvgIpc) is 2.83. The molecule has 0 heterocycles. The maximum absolute atomic E-state index is 13.9. The number of aryl methyl sites for hydroxylation is 1. The minimum absolute atomic E-state index is 0.349. The largest absolute Gasteiger partial charge is 0.465 e. The van der Waals surface area contributed by atoms with Gasteiger partial charge in [-0.25, -0.2) is 13.6 Å². The van der Waals surface area contributed by atoms with Crippen LogP contribution in [0, 0.1) is 18.6 Å². The number of hydrogen-bond acceptors (Lipinski definition) is 3. The van der Waals surface area contributed by atoms with Crippen molar-refractivity contribution in [2.45, 2.75) is 58.2 Å². The minimum atomic E-state index is -0.553. The number of carbonyl (C=O) groups is 1. The second kappa shape index (κ2) is 10.9.